The average Bonchev–Trinajstić information content (AvgIpc) is 0.739. The summed E-state index contributed by atoms with van der Waals surface area (Å²) in [6.07, 6.45) is -16.7. The molecule has 7 aromatic carbocycles. The van der Waals surface area contributed by atoms with E-state index < -0.39 is 123 Å². The standard InChI is InChI=1S/C78H95N3O21Si/c1-48(82)79-66-73(95-43-52-24-30-55(88-8)31-25-52)71(65(98-75(66)86)47-97-103(78(4,5)6,61-18-14-12-15-19-61)62-20-16-13-17-21-62)102-77-68(81-50(3)84)74(96-44-53-26-32-56(89-9)33-27-53)70(64(100-77)46-93-60-40-36-58(91-11)37-41-60)101-76-67(80-49(2)83)72(94-42-51-22-28-54(87-7)29-23-51)69(85)63(99-76)45-92-59-38-34-57(90-10)35-39-59/h12-41,63-77,85-86H,42-47H2,1-11H3,(H,79,82)(H,80,83)(H,81,84)/t63-,64-,65-,66-,67-,68-,69-,70-,71-,72-,73-,74-,75-,76+,77+/m1/s1. The van der Waals surface area contributed by atoms with Crippen molar-refractivity contribution >= 4 is 36.4 Å². The van der Waals surface area contributed by atoms with E-state index in [4.69, 9.17) is 75.5 Å². The predicted molar refractivity (Wildman–Crippen MR) is 382 cm³/mol. The molecule has 3 amide bonds. The normalized spacial score (nSPS) is 24.9. The zero-order valence-electron chi connectivity index (χ0n) is 59.9. The molecule has 0 bridgehead atoms. The molecular formula is C78H95N3O21Si. The molecule has 10 rings (SSSR count). The van der Waals surface area contributed by atoms with Crippen LogP contribution < -0.4 is 59.5 Å². The number of carbonyl (C=O) groups is 3. The van der Waals surface area contributed by atoms with E-state index in [1.54, 1.807) is 120 Å². The van der Waals surface area contributed by atoms with Crippen molar-refractivity contribution in [2.24, 2.45) is 0 Å². The van der Waals surface area contributed by atoms with Gasteiger partial charge >= 0.3 is 0 Å². The largest absolute Gasteiger partial charge is 0.497 e. The van der Waals surface area contributed by atoms with Crippen LogP contribution in [0.5, 0.6) is 40.2 Å². The predicted octanol–water partition coefficient (Wildman–Crippen LogP) is 7.33. The number of ether oxygens (including phenoxy) is 15. The Morgan fingerprint density at radius 1 is 0.398 bits per heavy atom. The van der Waals surface area contributed by atoms with Crippen LogP contribution in [0.25, 0.3) is 0 Å². The number of nitrogens with one attached hydrogen (secondary N) is 3. The zero-order valence-corrected chi connectivity index (χ0v) is 60.9. The summed E-state index contributed by atoms with van der Waals surface area (Å²) in [4.78, 5) is 41.5. The van der Waals surface area contributed by atoms with Crippen LogP contribution in [0.4, 0.5) is 0 Å². The fraction of sp³-hybridized carbons (Fsp3) is 0.423. The Morgan fingerprint density at radius 2 is 0.718 bits per heavy atom. The summed E-state index contributed by atoms with van der Waals surface area (Å²) in [5.41, 5.74) is 2.09. The summed E-state index contributed by atoms with van der Waals surface area (Å²) in [7, 11) is 4.36. The molecule has 3 heterocycles. The second-order valence-corrected chi connectivity index (χ2v) is 30.6. The van der Waals surface area contributed by atoms with Crippen molar-refractivity contribution < 1.29 is 100 Å². The van der Waals surface area contributed by atoms with Gasteiger partial charge in [0.25, 0.3) is 8.32 Å². The summed E-state index contributed by atoms with van der Waals surface area (Å²) in [6.45, 7) is 9.31. The van der Waals surface area contributed by atoms with E-state index in [0.29, 0.717) is 56.9 Å². The lowest BCUT2D eigenvalue weighted by Gasteiger charge is -2.52. The molecule has 0 saturated carbocycles. The zero-order chi connectivity index (χ0) is 73.2. The molecular weight excluding hydrogens is 1340 g/mol. The second kappa shape index (κ2) is 36.2. The lowest BCUT2D eigenvalue weighted by Crippen LogP contribution is -2.72. The van der Waals surface area contributed by atoms with Crippen LogP contribution in [-0.2, 0) is 76.5 Å². The molecule has 0 unspecified atom stereocenters. The molecule has 103 heavy (non-hydrogen) atoms. The number of hydrogen-bond donors (Lipinski definition) is 5. The Balaban J connectivity index is 1.12. The van der Waals surface area contributed by atoms with Gasteiger partial charge in [-0.05, 0) is 117 Å². The van der Waals surface area contributed by atoms with Crippen LogP contribution in [0.3, 0.4) is 0 Å². The maximum absolute atomic E-state index is 14.3. The summed E-state index contributed by atoms with van der Waals surface area (Å²) >= 11 is 0. The fourth-order valence-corrected chi connectivity index (χ4v) is 17.8. The lowest BCUT2D eigenvalue weighted by molar-refractivity contribution is -0.357. The first-order chi connectivity index (χ1) is 49.7. The third kappa shape index (κ3) is 19.6. The Kier molecular flexibility index (Phi) is 27.0. The molecule has 3 aliphatic rings. The van der Waals surface area contributed by atoms with Crippen molar-refractivity contribution in [2.45, 2.75) is 158 Å². The molecule has 552 valence electrons. The van der Waals surface area contributed by atoms with Gasteiger partial charge in [-0.25, -0.2) is 0 Å². The molecule has 0 aromatic heterocycles. The Bertz CT molecular complexity index is 3730. The lowest BCUT2D eigenvalue weighted by atomic mass is 9.93. The molecule has 15 atom stereocenters. The molecule has 0 aliphatic carbocycles. The highest BCUT2D eigenvalue weighted by Gasteiger charge is 2.58. The number of benzene rings is 7. The third-order valence-electron chi connectivity index (χ3n) is 18.3. The van der Waals surface area contributed by atoms with Crippen LogP contribution >= 0.6 is 0 Å². The summed E-state index contributed by atoms with van der Waals surface area (Å²) in [6, 6.07) is 51.5. The van der Waals surface area contributed by atoms with Gasteiger partial charge in [0, 0.05) is 20.8 Å². The number of hydrogen-bond acceptors (Lipinski definition) is 21. The highest BCUT2D eigenvalue weighted by Crippen LogP contribution is 2.41. The SMILES string of the molecule is COc1ccc(CO[C@@H]2[C@@H](NC(C)=O)[C@H](O)O[C@H](CO[Si](c3ccccc3)(c3ccccc3)C(C)(C)C)[C@H]2O[C@@H]2O[C@H](COc3ccc(OC)cc3)[C@@H](O[C@@H]3O[C@H](COc4ccc(OC)cc4)[C@@H](O)[C@H](OCc4ccc(OC)cc4)[C@H]3NC(C)=O)[C@H](OCc3ccc(OC)cc3)[C@H]2NC(C)=O)cc1. The molecule has 3 aliphatic heterocycles. The second-order valence-electron chi connectivity index (χ2n) is 26.3. The quantitative estimate of drug-likeness (QED) is 0.0258. The van der Waals surface area contributed by atoms with Gasteiger partial charge in [0.15, 0.2) is 18.9 Å². The number of methoxy groups -OCH3 is 5. The highest BCUT2D eigenvalue weighted by atomic mass is 28.4. The monoisotopic (exact) mass is 1440 g/mol. The average molecular weight is 1440 g/mol. The maximum Gasteiger partial charge on any atom is 0.261 e. The van der Waals surface area contributed by atoms with Crippen molar-refractivity contribution in [1.82, 2.24) is 16.0 Å². The first kappa shape index (κ1) is 77.0. The third-order valence-corrected chi connectivity index (χ3v) is 23.3. The van der Waals surface area contributed by atoms with Gasteiger partial charge in [0.05, 0.1) is 62.0 Å². The van der Waals surface area contributed by atoms with Crippen LogP contribution in [0.1, 0.15) is 58.2 Å². The summed E-state index contributed by atoms with van der Waals surface area (Å²) in [5, 5.41) is 35.4. The number of amides is 3. The van der Waals surface area contributed by atoms with E-state index >= 15 is 0 Å². The molecule has 0 radical (unpaired) electrons. The van der Waals surface area contributed by atoms with E-state index in [9.17, 15) is 24.6 Å². The number of aliphatic hydroxyl groups excluding tert-OH is 2. The molecule has 0 spiro atoms. The van der Waals surface area contributed by atoms with Gasteiger partial charge in [-0.1, -0.05) is 118 Å². The molecule has 3 saturated heterocycles. The van der Waals surface area contributed by atoms with E-state index in [1.807, 2.05) is 72.8 Å². The van der Waals surface area contributed by atoms with Gasteiger partial charge < -0.3 is 102 Å². The van der Waals surface area contributed by atoms with Crippen molar-refractivity contribution in [3.63, 3.8) is 0 Å². The van der Waals surface area contributed by atoms with Crippen LogP contribution in [0.15, 0.2) is 182 Å². The number of carbonyl (C=O) groups excluding carboxylic acids is 3. The van der Waals surface area contributed by atoms with Crippen LogP contribution in [-0.4, -0.2) is 184 Å². The maximum atomic E-state index is 14.3. The molecule has 25 heteroatoms. The van der Waals surface area contributed by atoms with E-state index in [1.165, 1.54) is 20.8 Å². The Morgan fingerprint density at radius 3 is 1.10 bits per heavy atom. The first-order valence-corrected chi connectivity index (χ1v) is 36.1. The van der Waals surface area contributed by atoms with E-state index in [2.05, 4.69) is 61.0 Å². The summed E-state index contributed by atoms with van der Waals surface area (Å²) in [5.74, 6) is 2.18. The van der Waals surface area contributed by atoms with Gasteiger partial charge in [-0.2, -0.15) is 0 Å². The molecule has 5 N–H and O–H groups in total. The van der Waals surface area contributed by atoms with Crippen molar-refractivity contribution in [2.75, 3.05) is 55.4 Å². The Labute approximate surface area is 602 Å². The summed E-state index contributed by atoms with van der Waals surface area (Å²) < 4.78 is 105. The van der Waals surface area contributed by atoms with Crippen molar-refractivity contribution in [3.8, 4) is 40.2 Å². The minimum Gasteiger partial charge on any atom is -0.497 e. The van der Waals surface area contributed by atoms with Gasteiger partial charge in [0.1, 0.15) is 127 Å². The highest BCUT2D eigenvalue weighted by molar-refractivity contribution is 6.99. The molecule has 24 nitrogen and oxygen atoms in total. The topological polar surface area (TPSA) is 275 Å². The van der Waals surface area contributed by atoms with Crippen LogP contribution in [0, 0.1) is 0 Å². The van der Waals surface area contributed by atoms with Gasteiger partial charge in [0.2, 0.25) is 17.7 Å². The van der Waals surface area contributed by atoms with Gasteiger partial charge in [-0.15, -0.1) is 0 Å². The molecule has 7 aromatic rings. The van der Waals surface area contributed by atoms with E-state index in [0.717, 1.165) is 10.4 Å². The fourth-order valence-electron chi connectivity index (χ4n) is 13.2. The van der Waals surface area contributed by atoms with Gasteiger partial charge in [-0.3, -0.25) is 14.4 Å². The van der Waals surface area contributed by atoms with Crippen molar-refractivity contribution in [1.29, 1.82) is 0 Å². The van der Waals surface area contributed by atoms with Crippen molar-refractivity contribution in [3.05, 3.63) is 199 Å². The molecule has 3 fully saturated rings. The minimum absolute atomic E-state index is 0.0535. The first-order valence-electron chi connectivity index (χ1n) is 34.2. The number of rotatable bonds is 32. The smallest absolute Gasteiger partial charge is 0.261 e. The minimum atomic E-state index is -3.43. The number of aliphatic hydroxyl groups is 2. The van der Waals surface area contributed by atoms with Crippen LogP contribution in [0.2, 0.25) is 5.04 Å². The Hall–Kier alpha value is -8.67. The van der Waals surface area contributed by atoms with E-state index in [-0.39, 0.29) is 39.6 Å².